The number of benzene rings is 3. The zero-order chi connectivity index (χ0) is 21.8. The number of aromatic hydroxyl groups is 1. The van der Waals surface area contributed by atoms with Gasteiger partial charge in [0.15, 0.2) is 0 Å². The molecule has 1 unspecified atom stereocenters. The monoisotopic (exact) mass is 417 g/mol. The molecule has 0 saturated carbocycles. The maximum atomic E-state index is 13.2. The van der Waals surface area contributed by atoms with Crippen molar-refractivity contribution in [3.63, 3.8) is 0 Å². The first-order valence-corrected chi connectivity index (χ1v) is 9.95. The van der Waals surface area contributed by atoms with Crippen LogP contribution < -0.4 is 15.4 Å². The number of ether oxygens (including phenoxy) is 1. The smallest absolute Gasteiger partial charge is 0.257 e. The molecule has 0 saturated heterocycles. The number of para-hydroxylation sites is 3. The van der Waals surface area contributed by atoms with Crippen LogP contribution in [0.2, 0.25) is 0 Å². The van der Waals surface area contributed by atoms with Crippen molar-refractivity contribution in [1.82, 2.24) is 4.90 Å². The van der Waals surface area contributed by atoms with E-state index in [4.69, 9.17) is 4.74 Å². The minimum Gasteiger partial charge on any atom is -0.506 e. The van der Waals surface area contributed by atoms with Gasteiger partial charge in [-0.2, -0.15) is 0 Å². The van der Waals surface area contributed by atoms with Crippen molar-refractivity contribution < 1.29 is 19.4 Å². The van der Waals surface area contributed by atoms with Gasteiger partial charge in [0.05, 0.1) is 18.4 Å². The van der Waals surface area contributed by atoms with E-state index in [1.165, 1.54) is 6.07 Å². The summed E-state index contributed by atoms with van der Waals surface area (Å²) < 4.78 is 5.23. The van der Waals surface area contributed by atoms with Crippen LogP contribution in [-0.4, -0.2) is 35.5 Å². The highest BCUT2D eigenvalue weighted by atomic mass is 16.5. The molecule has 0 spiro atoms. The van der Waals surface area contributed by atoms with Gasteiger partial charge in [-0.3, -0.25) is 9.59 Å². The van der Waals surface area contributed by atoms with Crippen molar-refractivity contribution in [2.75, 3.05) is 24.3 Å². The van der Waals surface area contributed by atoms with E-state index in [9.17, 15) is 14.7 Å². The lowest BCUT2D eigenvalue weighted by Gasteiger charge is -2.38. The summed E-state index contributed by atoms with van der Waals surface area (Å²) >= 11 is 0. The molecule has 0 aromatic heterocycles. The average molecular weight is 417 g/mol. The summed E-state index contributed by atoms with van der Waals surface area (Å²) in [5, 5.41) is 16.0. The summed E-state index contributed by atoms with van der Waals surface area (Å²) in [6.45, 7) is 0.205. The molecule has 7 heteroatoms. The molecule has 31 heavy (non-hydrogen) atoms. The lowest BCUT2D eigenvalue weighted by molar-refractivity contribution is -0.116. The second kappa shape index (κ2) is 8.79. The molecular weight excluding hydrogens is 394 g/mol. The van der Waals surface area contributed by atoms with E-state index in [1.54, 1.807) is 36.3 Å². The first kappa shape index (κ1) is 20.3. The van der Waals surface area contributed by atoms with Gasteiger partial charge in [0.1, 0.15) is 17.7 Å². The van der Waals surface area contributed by atoms with Gasteiger partial charge in [-0.1, -0.05) is 36.4 Å². The molecular formula is C24H23N3O4. The normalized spacial score (nSPS) is 15.1. The van der Waals surface area contributed by atoms with Crippen molar-refractivity contribution >= 4 is 23.2 Å². The number of hydrogen-bond donors (Lipinski definition) is 3. The van der Waals surface area contributed by atoms with Crippen LogP contribution >= 0.6 is 0 Å². The molecule has 7 nitrogen and oxygen atoms in total. The van der Waals surface area contributed by atoms with Crippen LogP contribution in [0.1, 0.15) is 28.5 Å². The first-order chi connectivity index (χ1) is 15.1. The van der Waals surface area contributed by atoms with Crippen molar-refractivity contribution in [3.8, 4) is 11.5 Å². The van der Waals surface area contributed by atoms with Crippen molar-refractivity contribution in [2.45, 2.75) is 12.6 Å². The highest BCUT2D eigenvalue weighted by Crippen LogP contribution is 2.33. The predicted molar refractivity (Wildman–Crippen MR) is 118 cm³/mol. The Balaban J connectivity index is 1.55. The Bertz CT molecular complexity index is 1100. The molecule has 4 rings (SSSR count). The fourth-order valence-corrected chi connectivity index (χ4v) is 3.59. The molecule has 0 bridgehead atoms. The number of fused-ring (bicyclic) bond motifs is 1. The number of carbonyl (C=O) groups is 2. The maximum Gasteiger partial charge on any atom is 0.257 e. The minimum absolute atomic E-state index is 0.00315. The standard InChI is InChI=1S/C24H23N3O4/c1-31-17-12-10-16(11-13-17)23-26-19-7-3-2-6-18(19)24(30)27(23)15-14-22(29)25-20-8-4-5-9-21(20)28/h2-13,23,26,28H,14-15H2,1H3,(H,25,29). The van der Waals surface area contributed by atoms with Crippen LogP contribution in [-0.2, 0) is 4.79 Å². The summed E-state index contributed by atoms with van der Waals surface area (Å²) in [5.41, 5.74) is 2.54. The van der Waals surface area contributed by atoms with Gasteiger partial charge in [0.2, 0.25) is 5.91 Å². The maximum absolute atomic E-state index is 13.2. The molecule has 0 radical (unpaired) electrons. The van der Waals surface area contributed by atoms with Gasteiger partial charge in [-0.15, -0.1) is 0 Å². The van der Waals surface area contributed by atoms with Gasteiger partial charge < -0.3 is 25.4 Å². The van der Waals surface area contributed by atoms with E-state index in [2.05, 4.69) is 10.6 Å². The van der Waals surface area contributed by atoms with Crippen molar-refractivity contribution in [2.24, 2.45) is 0 Å². The lowest BCUT2D eigenvalue weighted by atomic mass is 10.0. The van der Waals surface area contributed by atoms with E-state index in [0.29, 0.717) is 11.3 Å². The molecule has 3 aromatic carbocycles. The van der Waals surface area contributed by atoms with Crippen LogP contribution in [0.5, 0.6) is 11.5 Å². The summed E-state index contributed by atoms with van der Waals surface area (Å²) in [6, 6.07) is 21.3. The number of hydrogen-bond acceptors (Lipinski definition) is 5. The Morgan fingerprint density at radius 3 is 2.52 bits per heavy atom. The van der Waals surface area contributed by atoms with Crippen molar-refractivity contribution in [1.29, 1.82) is 0 Å². The molecule has 1 aliphatic heterocycles. The Labute approximate surface area is 180 Å². The van der Waals surface area contributed by atoms with Crippen LogP contribution in [0, 0.1) is 0 Å². The highest BCUT2D eigenvalue weighted by Gasteiger charge is 2.32. The van der Waals surface area contributed by atoms with Crippen LogP contribution in [0.15, 0.2) is 72.8 Å². The third kappa shape index (κ3) is 4.30. The lowest BCUT2D eigenvalue weighted by Crippen LogP contribution is -2.44. The average Bonchev–Trinajstić information content (AvgIpc) is 2.80. The van der Waals surface area contributed by atoms with E-state index in [0.717, 1.165) is 17.0 Å². The Hall–Kier alpha value is -4.00. The summed E-state index contributed by atoms with van der Waals surface area (Å²) in [4.78, 5) is 27.4. The Kier molecular flexibility index (Phi) is 5.75. The van der Waals surface area contributed by atoms with Crippen molar-refractivity contribution in [3.05, 3.63) is 83.9 Å². The number of phenols is 1. The minimum atomic E-state index is -0.425. The third-order valence-corrected chi connectivity index (χ3v) is 5.21. The number of amides is 2. The van der Waals surface area contributed by atoms with Gasteiger partial charge >= 0.3 is 0 Å². The second-order valence-electron chi connectivity index (χ2n) is 7.18. The Morgan fingerprint density at radius 2 is 1.77 bits per heavy atom. The van der Waals surface area contributed by atoms with Gasteiger partial charge in [0.25, 0.3) is 5.91 Å². The summed E-state index contributed by atoms with van der Waals surface area (Å²) in [6.07, 6.45) is -0.345. The molecule has 3 N–H and O–H groups in total. The quantitative estimate of drug-likeness (QED) is 0.528. The molecule has 158 valence electrons. The number of rotatable bonds is 6. The predicted octanol–water partition coefficient (Wildman–Crippen LogP) is 4.00. The second-order valence-corrected chi connectivity index (χ2v) is 7.18. The zero-order valence-corrected chi connectivity index (χ0v) is 17.0. The number of methoxy groups -OCH3 is 1. The number of nitrogens with zero attached hydrogens (tertiary/aromatic N) is 1. The zero-order valence-electron chi connectivity index (χ0n) is 17.0. The van der Waals surface area contributed by atoms with Crippen LogP contribution in [0.25, 0.3) is 0 Å². The Morgan fingerprint density at radius 1 is 1.06 bits per heavy atom. The largest absolute Gasteiger partial charge is 0.506 e. The molecule has 1 heterocycles. The van der Waals surface area contributed by atoms with Gasteiger partial charge in [0, 0.05) is 18.7 Å². The first-order valence-electron chi connectivity index (χ1n) is 9.95. The molecule has 1 atom stereocenters. The highest BCUT2D eigenvalue weighted by molar-refractivity contribution is 6.02. The number of anilines is 2. The van der Waals surface area contributed by atoms with Gasteiger partial charge in [-0.05, 0) is 42.0 Å². The van der Waals surface area contributed by atoms with E-state index < -0.39 is 6.17 Å². The third-order valence-electron chi connectivity index (χ3n) is 5.21. The summed E-state index contributed by atoms with van der Waals surface area (Å²) in [7, 11) is 1.60. The molecule has 1 aliphatic rings. The summed E-state index contributed by atoms with van der Waals surface area (Å²) in [5.74, 6) is 0.281. The number of nitrogens with one attached hydrogen (secondary N) is 2. The fourth-order valence-electron chi connectivity index (χ4n) is 3.59. The van der Waals surface area contributed by atoms with Crippen LogP contribution in [0.4, 0.5) is 11.4 Å². The number of carbonyl (C=O) groups excluding carboxylic acids is 2. The van der Waals surface area contributed by atoms with E-state index in [-0.39, 0.29) is 30.5 Å². The fraction of sp³-hybridized carbons (Fsp3) is 0.167. The molecule has 0 aliphatic carbocycles. The SMILES string of the molecule is COc1ccc(C2Nc3ccccc3C(=O)N2CCC(=O)Nc2ccccc2O)cc1. The topological polar surface area (TPSA) is 90.9 Å². The van der Waals surface area contributed by atoms with Gasteiger partial charge in [-0.25, -0.2) is 0 Å². The van der Waals surface area contributed by atoms with E-state index >= 15 is 0 Å². The molecule has 0 fully saturated rings. The van der Waals surface area contributed by atoms with E-state index in [1.807, 2.05) is 42.5 Å². The van der Waals surface area contributed by atoms with Crippen LogP contribution in [0.3, 0.4) is 0 Å². The molecule has 3 aromatic rings. The number of phenolic OH excluding ortho intramolecular Hbond substituents is 1. The molecule has 2 amide bonds.